The molecule has 0 aromatic heterocycles. The minimum atomic E-state index is -1.10. The average Bonchev–Trinajstić information content (AvgIpc) is 2.87. The van der Waals surface area contributed by atoms with E-state index in [1.165, 1.54) is 12.1 Å². The normalized spacial score (nSPS) is 17.4. The van der Waals surface area contributed by atoms with Gasteiger partial charge >= 0.3 is 5.97 Å². The highest BCUT2D eigenvalue weighted by molar-refractivity contribution is 6.13. The predicted octanol–water partition coefficient (Wildman–Crippen LogP) is 3.26. The summed E-state index contributed by atoms with van der Waals surface area (Å²) in [7, 11) is 0. The number of carboxylic acids is 1. The molecule has 24 heavy (non-hydrogen) atoms. The molecule has 2 aromatic carbocycles. The number of aromatic carboxylic acids is 1. The zero-order chi connectivity index (χ0) is 17.1. The molecule has 7 heteroatoms. The Hall–Kier alpha value is -3.35. The Bertz CT molecular complexity index is 846. The molecule has 1 aliphatic rings. The summed E-state index contributed by atoms with van der Waals surface area (Å²) in [6.07, 6.45) is -0.936. The number of benzene rings is 2. The molecule has 1 N–H and O–H groups in total. The van der Waals surface area contributed by atoms with Gasteiger partial charge in [0.25, 0.3) is 5.91 Å². The largest absolute Gasteiger partial charge is 0.478 e. The lowest BCUT2D eigenvalue weighted by Crippen LogP contribution is -2.35. The van der Waals surface area contributed by atoms with Crippen LogP contribution in [0.1, 0.15) is 17.3 Å². The molecule has 1 amide bonds. The van der Waals surface area contributed by atoms with Gasteiger partial charge in [0.15, 0.2) is 0 Å². The number of carboxylic acid groups (broad SMARTS) is 1. The van der Waals surface area contributed by atoms with Crippen molar-refractivity contribution >= 4 is 29.1 Å². The first-order chi connectivity index (χ1) is 11.6. The zero-order valence-electron chi connectivity index (χ0n) is 12.8. The van der Waals surface area contributed by atoms with E-state index >= 15 is 0 Å². The van der Waals surface area contributed by atoms with E-state index in [1.807, 2.05) is 30.3 Å². The summed E-state index contributed by atoms with van der Waals surface area (Å²) < 4.78 is 0. The van der Waals surface area contributed by atoms with Crippen LogP contribution in [0.3, 0.4) is 0 Å². The molecular weight excluding hydrogens is 308 g/mol. The lowest BCUT2D eigenvalue weighted by molar-refractivity contribution is -0.118. The van der Waals surface area contributed by atoms with Crippen LogP contribution in [-0.2, 0) is 4.79 Å². The number of amides is 1. The van der Waals surface area contributed by atoms with Crippen molar-refractivity contribution in [3.05, 3.63) is 60.2 Å². The van der Waals surface area contributed by atoms with Crippen LogP contribution < -0.4 is 4.90 Å². The molecule has 0 fully saturated rings. The highest BCUT2D eigenvalue weighted by Crippen LogP contribution is 2.25. The van der Waals surface area contributed by atoms with Crippen molar-refractivity contribution in [3.8, 4) is 0 Å². The van der Waals surface area contributed by atoms with Crippen molar-refractivity contribution in [2.75, 3.05) is 4.90 Å². The first kappa shape index (κ1) is 15.5. The molecule has 0 saturated heterocycles. The Morgan fingerprint density at radius 2 is 1.79 bits per heavy atom. The second-order valence-corrected chi connectivity index (χ2v) is 5.11. The fourth-order valence-electron chi connectivity index (χ4n) is 2.43. The highest BCUT2D eigenvalue weighted by atomic mass is 16.4. The topological polar surface area (TPSA) is 94.7 Å². The van der Waals surface area contributed by atoms with E-state index in [-0.39, 0.29) is 11.3 Å². The number of amidine groups is 1. The van der Waals surface area contributed by atoms with Gasteiger partial charge in [-0.3, -0.25) is 9.69 Å². The molecule has 3 rings (SSSR count). The third-order valence-corrected chi connectivity index (χ3v) is 3.53. The van der Waals surface area contributed by atoms with Gasteiger partial charge in [0.2, 0.25) is 6.17 Å². The summed E-state index contributed by atoms with van der Waals surface area (Å²) in [5, 5.41) is 17.2. The molecule has 0 radical (unpaired) electrons. The Balaban J connectivity index is 1.94. The van der Waals surface area contributed by atoms with Gasteiger partial charge in [-0.2, -0.15) is 15.2 Å². The first-order valence-corrected chi connectivity index (χ1v) is 7.24. The van der Waals surface area contributed by atoms with Gasteiger partial charge in [0, 0.05) is 5.69 Å². The SMILES string of the molecule is CC1=NC(=O)[C@@H](N=Nc2ccccc2C(=O)O)N1c1ccccc1. The molecule has 7 nitrogen and oxygen atoms in total. The number of anilines is 1. The van der Waals surface area contributed by atoms with E-state index in [0.29, 0.717) is 5.84 Å². The van der Waals surface area contributed by atoms with Gasteiger partial charge in [-0.15, -0.1) is 0 Å². The summed E-state index contributed by atoms with van der Waals surface area (Å²) in [4.78, 5) is 28.9. The van der Waals surface area contributed by atoms with Crippen LogP contribution in [0.5, 0.6) is 0 Å². The number of nitrogens with zero attached hydrogens (tertiary/aromatic N) is 4. The van der Waals surface area contributed by atoms with Crippen molar-refractivity contribution in [2.45, 2.75) is 13.1 Å². The summed E-state index contributed by atoms with van der Waals surface area (Å²) in [6.45, 7) is 1.71. The predicted molar refractivity (Wildman–Crippen MR) is 88.7 cm³/mol. The molecule has 1 atom stereocenters. The van der Waals surface area contributed by atoms with Crippen LogP contribution in [0, 0.1) is 0 Å². The number of hydrogen-bond donors (Lipinski definition) is 1. The molecule has 0 aliphatic carbocycles. The van der Waals surface area contributed by atoms with Gasteiger partial charge in [-0.05, 0) is 31.2 Å². The van der Waals surface area contributed by atoms with E-state index in [0.717, 1.165) is 5.69 Å². The Labute approximate surface area is 138 Å². The summed E-state index contributed by atoms with van der Waals surface area (Å²) in [6, 6.07) is 15.5. The van der Waals surface area contributed by atoms with Crippen LogP contribution in [-0.4, -0.2) is 29.0 Å². The van der Waals surface area contributed by atoms with Crippen molar-refractivity contribution < 1.29 is 14.7 Å². The van der Waals surface area contributed by atoms with E-state index in [4.69, 9.17) is 0 Å². The van der Waals surface area contributed by atoms with E-state index < -0.39 is 18.0 Å². The fraction of sp³-hybridized carbons (Fsp3) is 0.118. The lowest BCUT2D eigenvalue weighted by atomic mass is 10.2. The number of aliphatic imine (C=N–C) groups is 1. The Morgan fingerprint density at radius 3 is 2.50 bits per heavy atom. The summed E-state index contributed by atoms with van der Waals surface area (Å²) in [5.74, 6) is -1.02. The van der Waals surface area contributed by atoms with Crippen LogP contribution in [0.4, 0.5) is 11.4 Å². The minimum absolute atomic E-state index is 0.0237. The molecule has 0 unspecified atom stereocenters. The van der Waals surface area contributed by atoms with Gasteiger partial charge in [0.1, 0.15) is 5.84 Å². The number of para-hydroxylation sites is 1. The van der Waals surface area contributed by atoms with E-state index in [1.54, 1.807) is 24.0 Å². The maximum absolute atomic E-state index is 12.1. The fourth-order valence-corrected chi connectivity index (χ4v) is 2.43. The molecule has 2 aromatic rings. The highest BCUT2D eigenvalue weighted by Gasteiger charge is 2.34. The third kappa shape index (κ3) is 2.91. The van der Waals surface area contributed by atoms with Crippen molar-refractivity contribution in [1.29, 1.82) is 0 Å². The molecule has 0 spiro atoms. The zero-order valence-corrected chi connectivity index (χ0v) is 12.8. The summed E-state index contributed by atoms with van der Waals surface area (Å²) in [5.41, 5.74) is 0.978. The van der Waals surface area contributed by atoms with Gasteiger partial charge < -0.3 is 5.11 Å². The van der Waals surface area contributed by atoms with Gasteiger partial charge in [-0.25, -0.2) is 4.79 Å². The maximum atomic E-state index is 12.1. The van der Waals surface area contributed by atoms with Crippen LogP contribution in [0.2, 0.25) is 0 Å². The van der Waals surface area contributed by atoms with Crippen LogP contribution >= 0.6 is 0 Å². The maximum Gasteiger partial charge on any atom is 0.337 e. The van der Waals surface area contributed by atoms with Gasteiger partial charge in [0.05, 0.1) is 11.3 Å². The lowest BCUT2D eigenvalue weighted by Gasteiger charge is -2.21. The van der Waals surface area contributed by atoms with E-state index in [2.05, 4.69) is 15.2 Å². The molecule has 0 bridgehead atoms. The Kier molecular flexibility index (Phi) is 4.15. The number of carbonyl (C=O) groups is 2. The molecule has 120 valence electrons. The number of carbonyl (C=O) groups excluding carboxylic acids is 1. The smallest absolute Gasteiger partial charge is 0.337 e. The molecular formula is C17H14N4O3. The second kappa shape index (κ2) is 6.41. The number of hydrogen-bond acceptors (Lipinski definition) is 5. The van der Waals surface area contributed by atoms with Crippen LogP contribution in [0.25, 0.3) is 0 Å². The first-order valence-electron chi connectivity index (χ1n) is 7.24. The van der Waals surface area contributed by atoms with Crippen molar-refractivity contribution in [3.63, 3.8) is 0 Å². The number of rotatable bonds is 4. The third-order valence-electron chi connectivity index (χ3n) is 3.53. The van der Waals surface area contributed by atoms with Crippen molar-refractivity contribution in [2.24, 2.45) is 15.2 Å². The Morgan fingerprint density at radius 1 is 1.12 bits per heavy atom. The summed E-state index contributed by atoms with van der Waals surface area (Å²) >= 11 is 0. The molecule has 1 aliphatic heterocycles. The average molecular weight is 322 g/mol. The minimum Gasteiger partial charge on any atom is -0.478 e. The second-order valence-electron chi connectivity index (χ2n) is 5.11. The number of azo groups is 1. The molecule has 0 saturated carbocycles. The standard InChI is InChI=1S/C17H14N4O3/c1-11-18-16(22)15(21(11)12-7-3-2-4-8-12)20-19-14-10-6-5-9-13(14)17(23)24/h2-10,15H,1H3,(H,23,24)/t15-/m0/s1. The quantitative estimate of drug-likeness (QED) is 0.874. The van der Waals surface area contributed by atoms with Crippen molar-refractivity contribution in [1.82, 2.24) is 0 Å². The molecule has 1 heterocycles. The van der Waals surface area contributed by atoms with E-state index in [9.17, 15) is 14.7 Å². The van der Waals surface area contributed by atoms with Gasteiger partial charge in [-0.1, -0.05) is 30.3 Å². The monoisotopic (exact) mass is 322 g/mol. The van der Waals surface area contributed by atoms with Crippen LogP contribution in [0.15, 0.2) is 69.8 Å².